The van der Waals surface area contributed by atoms with E-state index < -0.39 is 4.92 Å². The summed E-state index contributed by atoms with van der Waals surface area (Å²) in [5.74, 6) is 0.379. The highest BCUT2D eigenvalue weighted by atomic mass is 16.6. The molecule has 0 amide bonds. The van der Waals surface area contributed by atoms with Crippen LogP contribution < -0.4 is 0 Å². The summed E-state index contributed by atoms with van der Waals surface area (Å²) in [6.07, 6.45) is 1.39. The molecule has 0 aliphatic heterocycles. The number of nitro benzene ring substituents is 1. The van der Waals surface area contributed by atoms with E-state index in [1.54, 1.807) is 0 Å². The third-order valence-corrected chi connectivity index (χ3v) is 2.64. The highest BCUT2D eigenvalue weighted by molar-refractivity contribution is 5.73. The number of benzene rings is 1. The molecular formula is C10H6N6O3. The summed E-state index contributed by atoms with van der Waals surface area (Å²) in [6, 6.07) is 5.69. The zero-order valence-corrected chi connectivity index (χ0v) is 9.35. The molecule has 0 radical (unpaired) electrons. The zero-order valence-electron chi connectivity index (χ0n) is 9.35. The first-order chi connectivity index (χ1) is 9.20. The minimum Gasteiger partial charge on any atom is -0.279 e. The Bertz CT molecular complexity index is 772. The molecule has 9 heteroatoms. The fourth-order valence-electron chi connectivity index (χ4n) is 1.77. The molecule has 0 saturated carbocycles. The number of imidazole rings is 1. The van der Waals surface area contributed by atoms with Gasteiger partial charge < -0.3 is 0 Å². The predicted molar refractivity (Wildman–Crippen MR) is 64.9 cm³/mol. The molecule has 0 aliphatic rings. The molecule has 3 aromatic rings. The van der Waals surface area contributed by atoms with Crippen molar-refractivity contribution >= 4 is 17.3 Å². The van der Waals surface area contributed by atoms with E-state index >= 15 is 0 Å². The standard InChI is InChI=1S/C10H6N6O3/c17-14-9-8(13-10-11-5-12-15(9)10)6-1-3-7(4-2-6)16(18)19/h1-5H,(H,11,12,13). The molecular weight excluding hydrogens is 252 g/mol. The lowest BCUT2D eigenvalue weighted by Gasteiger charge is -1.97. The number of fused-ring (bicyclic) bond motifs is 1. The summed E-state index contributed by atoms with van der Waals surface area (Å²) in [7, 11) is 0. The Morgan fingerprint density at radius 3 is 2.68 bits per heavy atom. The number of nitrogens with zero attached hydrogens (tertiary/aromatic N) is 5. The van der Waals surface area contributed by atoms with Crippen molar-refractivity contribution in [3.8, 4) is 11.3 Å². The molecule has 9 nitrogen and oxygen atoms in total. The van der Waals surface area contributed by atoms with Crippen molar-refractivity contribution in [1.82, 2.24) is 19.6 Å². The number of H-pyrrole nitrogens is 1. The van der Waals surface area contributed by atoms with Crippen LogP contribution >= 0.6 is 0 Å². The first kappa shape index (κ1) is 11.0. The molecule has 3 rings (SSSR count). The second-order valence-corrected chi connectivity index (χ2v) is 3.70. The lowest BCUT2D eigenvalue weighted by Crippen LogP contribution is -1.87. The van der Waals surface area contributed by atoms with Gasteiger partial charge in [0.15, 0.2) is 0 Å². The third kappa shape index (κ3) is 1.64. The van der Waals surface area contributed by atoms with Gasteiger partial charge in [-0.2, -0.15) is 4.52 Å². The van der Waals surface area contributed by atoms with Gasteiger partial charge in [-0.3, -0.25) is 15.2 Å². The van der Waals surface area contributed by atoms with Crippen LogP contribution in [0.25, 0.3) is 17.0 Å². The molecule has 0 unspecified atom stereocenters. The van der Waals surface area contributed by atoms with Crippen LogP contribution in [0, 0.1) is 15.0 Å². The number of non-ortho nitro benzene ring substituents is 1. The fraction of sp³-hybridized carbons (Fsp3) is 0. The highest BCUT2D eigenvalue weighted by Crippen LogP contribution is 2.30. The van der Waals surface area contributed by atoms with Crippen molar-refractivity contribution in [3.63, 3.8) is 0 Å². The zero-order chi connectivity index (χ0) is 13.4. The average Bonchev–Trinajstić information content (AvgIpc) is 2.98. The number of nitrogens with one attached hydrogen (secondary N) is 1. The van der Waals surface area contributed by atoms with Crippen LogP contribution in [0.1, 0.15) is 0 Å². The number of aromatic nitrogens is 4. The molecule has 2 heterocycles. The summed E-state index contributed by atoms with van der Waals surface area (Å²) in [4.78, 5) is 29.0. The average molecular weight is 258 g/mol. The van der Waals surface area contributed by atoms with E-state index in [9.17, 15) is 15.0 Å². The Labute approximate surface area is 105 Å². The number of rotatable bonds is 3. The molecule has 94 valence electrons. The predicted octanol–water partition coefficient (Wildman–Crippen LogP) is 2.03. The quantitative estimate of drug-likeness (QED) is 0.438. The van der Waals surface area contributed by atoms with Gasteiger partial charge in [-0.25, -0.2) is 9.97 Å². The minimum absolute atomic E-state index is 0.0349. The molecule has 1 N–H and O–H groups in total. The van der Waals surface area contributed by atoms with Crippen molar-refractivity contribution in [1.29, 1.82) is 0 Å². The Kier molecular flexibility index (Phi) is 2.31. The number of hydrogen-bond donors (Lipinski definition) is 1. The van der Waals surface area contributed by atoms with E-state index in [1.807, 2.05) is 0 Å². The Hall–Kier alpha value is -3.10. The fourth-order valence-corrected chi connectivity index (χ4v) is 1.77. The van der Waals surface area contributed by atoms with Crippen LogP contribution in [0.3, 0.4) is 0 Å². The van der Waals surface area contributed by atoms with Crippen LogP contribution in [0.5, 0.6) is 0 Å². The molecule has 19 heavy (non-hydrogen) atoms. The SMILES string of the molecule is O=Nc1c(-c2ccc([N+](=O)[O-])cc2)nc2nc[nH]n12. The van der Waals surface area contributed by atoms with Crippen molar-refractivity contribution < 1.29 is 4.92 Å². The topological polar surface area (TPSA) is 119 Å². The van der Waals surface area contributed by atoms with Crippen LogP contribution in [-0.2, 0) is 0 Å². The van der Waals surface area contributed by atoms with E-state index in [4.69, 9.17) is 0 Å². The molecule has 2 aromatic heterocycles. The van der Waals surface area contributed by atoms with Gasteiger partial charge in [-0.1, -0.05) is 0 Å². The van der Waals surface area contributed by atoms with Gasteiger partial charge in [-0.05, 0) is 17.3 Å². The molecule has 0 atom stereocenters. The van der Waals surface area contributed by atoms with E-state index in [-0.39, 0.29) is 11.5 Å². The van der Waals surface area contributed by atoms with Gasteiger partial charge in [0.2, 0.25) is 5.82 Å². The first-order valence-electron chi connectivity index (χ1n) is 5.20. The second kappa shape index (κ2) is 3.98. The smallest absolute Gasteiger partial charge is 0.269 e. The van der Waals surface area contributed by atoms with Crippen molar-refractivity contribution in [3.05, 3.63) is 45.6 Å². The van der Waals surface area contributed by atoms with E-state index in [2.05, 4.69) is 20.2 Å². The lowest BCUT2D eigenvalue weighted by atomic mass is 10.1. The monoisotopic (exact) mass is 258 g/mol. The number of nitro groups is 1. The summed E-state index contributed by atoms with van der Waals surface area (Å²) in [6.45, 7) is 0. The van der Waals surface area contributed by atoms with E-state index in [0.717, 1.165) is 0 Å². The van der Waals surface area contributed by atoms with Crippen molar-refractivity contribution in [2.45, 2.75) is 0 Å². The summed E-state index contributed by atoms with van der Waals surface area (Å²) < 4.78 is 1.34. The maximum absolute atomic E-state index is 10.9. The van der Waals surface area contributed by atoms with E-state index in [0.29, 0.717) is 17.0 Å². The van der Waals surface area contributed by atoms with Crippen LogP contribution in [-0.4, -0.2) is 24.5 Å². The molecule has 0 spiro atoms. The minimum atomic E-state index is -0.498. The van der Waals surface area contributed by atoms with Gasteiger partial charge in [0.1, 0.15) is 12.0 Å². The summed E-state index contributed by atoms with van der Waals surface area (Å²) in [5, 5.41) is 16.2. The Morgan fingerprint density at radius 2 is 2.05 bits per heavy atom. The van der Waals surface area contributed by atoms with Gasteiger partial charge >= 0.3 is 0 Å². The number of hydrogen-bond acceptors (Lipinski definition) is 6. The van der Waals surface area contributed by atoms with Crippen LogP contribution in [0.15, 0.2) is 35.8 Å². The van der Waals surface area contributed by atoms with Gasteiger partial charge in [0, 0.05) is 17.7 Å². The number of aromatic amines is 1. The lowest BCUT2D eigenvalue weighted by molar-refractivity contribution is -0.384. The molecule has 1 aromatic carbocycles. The molecule has 0 fully saturated rings. The van der Waals surface area contributed by atoms with Crippen molar-refractivity contribution in [2.24, 2.45) is 5.18 Å². The Morgan fingerprint density at radius 1 is 1.32 bits per heavy atom. The highest BCUT2D eigenvalue weighted by Gasteiger charge is 2.17. The first-order valence-corrected chi connectivity index (χ1v) is 5.20. The molecule has 0 bridgehead atoms. The largest absolute Gasteiger partial charge is 0.279 e. The van der Waals surface area contributed by atoms with Gasteiger partial charge in [0.25, 0.3) is 11.5 Å². The maximum Gasteiger partial charge on any atom is 0.269 e. The van der Waals surface area contributed by atoms with Gasteiger partial charge in [0.05, 0.1) is 4.92 Å². The summed E-state index contributed by atoms with van der Waals surface area (Å²) in [5.41, 5.74) is 0.843. The Balaban J connectivity index is 2.15. The maximum atomic E-state index is 10.9. The second-order valence-electron chi connectivity index (χ2n) is 3.70. The third-order valence-electron chi connectivity index (χ3n) is 2.64. The molecule has 0 aliphatic carbocycles. The van der Waals surface area contributed by atoms with Gasteiger partial charge in [-0.15, -0.1) is 4.91 Å². The van der Waals surface area contributed by atoms with Crippen LogP contribution in [0.2, 0.25) is 0 Å². The summed E-state index contributed by atoms with van der Waals surface area (Å²) >= 11 is 0. The number of nitroso groups, excluding NO2 is 1. The van der Waals surface area contributed by atoms with Crippen LogP contribution in [0.4, 0.5) is 11.5 Å². The van der Waals surface area contributed by atoms with Crippen molar-refractivity contribution in [2.75, 3.05) is 0 Å². The van der Waals surface area contributed by atoms with E-state index in [1.165, 1.54) is 35.1 Å². The normalized spacial score (nSPS) is 10.7. The molecule has 0 saturated heterocycles.